The van der Waals surface area contributed by atoms with Crippen LogP contribution in [0.25, 0.3) is 10.4 Å². The lowest BCUT2D eigenvalue weighted by Crippen LogP contribution is -2.06. The minimum absolute atomic E-state index is 0.552. The van der Waals surface area contributed by atoms with Gasteiger partial charge >= 0.3 is 0 Å². The second kappa shape index (κ2) is 6.38. The fraction of sp³-hybridized carbons (Fsp3) is 0.250. The van der Waals surface area contributed by atoms with Gasteiger partial charge in [0, 0.05) is 25.4 Å². The molecule has 0 spiro atoms. The highest BCUT2D eigenvalue weighted by molar-refractivity contribution is 7.19. The second-order valence-electron chi connectivity index (χ2n) is 3.55. The second-order valence-corrected chi connectivity index (χ2v) is 5.37. The Morgan fingerprint density at radius 1 is 1.39 bits per heavy atom. The summed E-state index contributed by atoms with van der Waals surface area (Å²) >= 11 is 13.7. The maximum atomic E-state index is 6.17. The van der Waals surface area contributed by atoms with E-state index < -0.39 is 0 Å². The van der Waals surface area contributed by atoms with Crippen LogP contribution in [0.5, 0.6) is 0 Å². The number of hydrogen-bond donors (Lipinski definition) is 1. The maximum Gasteiger partial charge on any atom is 0.183 e. The van der Waals surface area contributed by atoms with Crippen molar-refractivity contribution in [2.24, 2.45) is 0 Å². The van der Waals surface area contributed by atoms with Crippen LogP contribution in [0.4, 0.5) is 5.13 Å². The fourth-order valence-electron chi connectivity index (χ4n) is 1.43. The summed E-state index contributed by atoms with van der Waals surface area (Å²) in [6.07, 6.45) is 1.79. The summed E-state index contributed by atoms with van der Waals surface area (Å²) < 4.78 is 4.97. The molecule has 0 aliphatic carbocycles. The van der Waals surface area contributed by atoms with Crippen molar-refractivity contribution in [2.45, 2.75) is 0 Å². The normalized spacial score (nSPS) is 10.6. The Morgan fingerprint density at radius 2 is 2.22 bits per heavy atom. The molecule has 1 aromatic heterocycles. The molecule has 3 nitrogen and oxygen atoms in total. The predicted octanol–water partition coefficient (Wildman–Crippen LogP) is 4.18. The summed E-state index contributed by atoms with van der Waals surface area (Å²) in [6.45, 7) is 1.37. The maximum absolute atomic E-state index is 6.17. The molecule has 1 N–H and O–H groups in total. The Kier molecular flexibility index (Phi) is 4.83. The van der Waals surface area contributed by atoms with E-state index in [1.165, 1.54) is 11.3 Å². The molecule has 96 valence electrons. The number of anilines is 1. The number of nitrogens with one attached hydrogen (secondary N) is 1. The van der Waals surface area contributed by atoms with Crippen molar-refractivity contribution in [1.29, 1.82) is 0 Å². The highest BCUT2D eigenvalue weighted by Crippen LogP contribution is 2.37. The van der Waals surface area contributed by atoms with Gasteiger partial charge in [-0.2, -0.15) is 0 Å². The van der Waals surface area contributed by atoms with Gasteiger partial charge in [-0.25, -0.2) is 4.98 Å². The van der Waals surface area contributed by atoms with E-state index in [0.717, 1.165) is 22.1 Å². The van der Waals surface area contributed by atoms with Crippen LogP contribution in [0.2, 0.25) is 10.0 Å². The van der Waals surface area contributed by atoms with Crippen LogP contribution in [0, 0.1) is 0 Å². The molecule has 1 heterocycles. The quantitative estimate of drug-likeness (QED) is 0.842. The van der Waals surface area contributed by atoms with Gasteiger partial charge in [-0.05, 0) is 6.07 Å². The average molecular weight is 303 g/mol. The van der Waals surface area contributed by atoms with Crippen LogP contribution < -0.4 is 5.32 Å². The van der Waals surface area contributed by atoms with Gasteiger partial charge in [-0.1, -0.05) is 46.7 Å². The van der Waals surface area contributed by atoms with E-state index in [0.29, 0.717) is 16.7 Å². The first-order chi connectivity index (χ1) is 8.72. The van der Waals surface area contributed by atoms with Crippen molar-refractivity contribution < 1.29 is 4.74 Å². The average Bonchev–Trinajstić information content (AvgIpc) is 2.82. The number of halogens is 2. The molecule has 18 heavy (non-hydrogen) atoms. The molecular weight excluding hydrogens is 291 g/mol. The lowest BCUT2D eigenvalue weighted by Gasteiger charge is -2.02. The molecule has 0 unspecified atom stereocenters. The number of ether oxygens (including phenoxy) is 1. The van der Waals surface area contributed by atoms with E-state index in [1.54, 1.807) is 19.4 Å². The van der Waals surface area contributed by atoms with Crippen LogP contribution in [-0.4, -0.2) is 25.2 Å². The molecule has 2 rings (SSSR count). The lowest BCUT2D eigenvalue weighted by atomic mass is 10.2. The van der Waals surface area contributed by atoms with Crippen LogP contribution in [0.3, 0.4) is 0 Å². The van der Waals surface area contributed by atoms with E-state index in [-0.39, 0.29) is 0 Å². The summed E-state index contributed by atoms with van der Waals surface area (Å²) in [7, 11) is 1.67. The number of methoxy groups -OCH3 is 1. The third-order valence-corrected chi connectivity index (χ3v) is 4.11. The van der Waals surface area contributed by atoms with Gasteiger partial charge in [0.15, 0.2) is 5.13 Å². The Bertz CT molecular complexity index is 531. The molecule has 0 radical (unpaired) electrons. The smallest absolute Gasteiger partial charge is 0.183 e. The summed E-state index contributed by atoms with van der Waals surface area (Å²) in [5, 5.41) is 5.14. The van der Waals surface area contributed by atoms with Gasteiger partial charge in [-0.3, -0.25) is 0 Å². The lowest BCUT2D eigenvalue weighted by molar-refractivity contribution is 0.211. The molecule has 1 aromatic carbocycles. The van der Waals surface area contributed by atoms with Crippen LogP contribution in [-0.2, 0) is 4.74 Å². The molecule has 0 saturated heterocycles. The molecule has 2 aromatic rings. The first-order valence-corrected chi connectivity index (χ1v) is 6.92. The summed E-state index contributed by atoms with van der Waals surface area (Å²) in [5.41, 5.74) is 0.904. The molecule has 0 aliphatic heterocycles. The number of aromatic nitrogens is 1. The Labute approximate surface area is 120 Å². The molecule has 0 amide bonds. The van der Waals surface area contributed by atoms with Crippen molar-refractivity contribution in [3.05, 3.63) is 34.4 Å². The van der Waals surface area contributed by atoms with E-state index >= 15 is 0 Å². The molecule has 0 bridgehead atoms. The van der Waals surface area contributed by atoms with Gasteiger partial charge in [-0.15, -0.1) is 0 Å². The summed E-state index contributed by atoms with van der Waals surface area (Å²) in [5.74, 6) is 0. The van der Waals surface area contributed by atoms with Crippen molar-refractivity contribution in [3.8, 4) is 10.4 Å². The zero-order valence-electron chi connectivity index (χ0n) is 9.74. The predicted molar refractivity (Wildman–Crippen MR) is 77.9 cm³/mol. The largest absolute Gasteiger partial charge is 0.383 e. The van der Waals surface area contributed by atoms with E-state index in [1.807, 2.05) is 12.1 Å². The van der Waals surface area contributed by atoms with Crippen molar-refractivity contribution >= 4 is 39.7 Å². The molecule has 0 fully saturated rings. The summed E-state index contributed by atoms with van der Waals surface area (Å²) in [6, 6.07) is 5.58. The van der Waals surface area contributed by atoms with Crippen LogP contribution in [0.1, 0.15) is 0 Å². The zero-order valence-corrected chi connectivity index (χ0v) is 12.1. The Morgan fingerprint density at radius 3 is 3.00 bits per heavy atom. The van der Waals surface area contributed by atoms with Gasteiger partial charge in [0.2, 0.25) is 0 Å². The van der Waals surface area contributed by atoms with Gasteiger partial charge in [0.05, 0.1) is 21.5 Å². The Hall–Kier alpha value is -0.810. The molecule has 6 heteroatoms. The van der Waals surface area contributed by atoms with E-state index in [4.69, 9.17) is 27.9 Å². The SMILES string of the molecule is COCCNc1ncc(-c2cccc(Cl)c2Cl)s1. The van der Waals surface area contributed by atoms with Crippen LogP contribution in [0.15, 0.2) is 24.4 Å². The third-order valence-electron chi connectivity index (χ3n) is 2.31. The monoisotopic (exact) mass is 302 g/mol. The molecule has 0 saturated carbocycles. The van der Waals surface area contributed by atoms with Crippen molar-refractivity contribution in [1.82, 2.24) is 4.98 Å². The fourth-order valence-corrected chi connectivity index (χ4v) is 2.77. The standard InChI is InChI=1S/C12H12Cl2N2OS/c1-17-6-5-15-12-16-7-10(18-12)8-3-2-4-9(13)11(8)14/h2-4,7H,5-6H2,1H3,(H,15,16). The number of rotatable bonds is 5. The first kappa shape index (κ1) is 13.6. The number of nitrogens with zero attached hydrogens (tertiary/aromatic N) is 1. The number of benzene rings is 1. The van der Waals surface area contributed by atoms with Gasteiger partial charge < -0.3 is 10.1 Å². The van der Waals surface area contributed by atoms with E-state index in [2.05, 4.69) is 10.3 Å². The number of hydrogen-bond acceptors (Lipinski definition) is 4. The third kappa shape index (κ3) is 3.14. The summed E-state index contributed by atoms with van der Waals surface area (Å²) in [4.78, 5) is 5.27. The van der Waals surface area contributed by atoms with Crippen molar-refractivity contribution in [2.75, 3.05) is 25.6 Å². The highest BCUT2D eigenvalue weighted by Gasteiger charge is 2.10. The Balaban J connectivity index is 2.16. The highest BCUT2D eigenvalue weighted by atomic mass is 35.5. The molecule has 0 atom stereocenters. The minimum Gasteiger partial charge on any atom is -0.383 e. The molecule has 0 aliphatic rings. The minimum atomic E-state index is 0.552. The van der Waals surface area contributed by atoms with Crippen molar-refractivity contribution in [3.63, 3.8) is 0 Å². The molecular formula is C12H12Cl2N2OS. The van der Waals surface area contributed by atoms with Gasteiger partial charge in [0.1, 0.15) is 0 Å². The first-order valence-electron chi connectivity index (χ1n) is 5.35. The van der Waals surface area contributed by atoms with E-state index in [9.17, 15) is 0 Å². The zero-order chi connectivity index (χ0) is 13.0. The number of thiazole rings is 1. The van der Waals surface area contributed by atoms with Gasteiger partial charge in [0.25, 0.3) is 0 Å². The topological polar surface area (TPSA) is 34.1 Å². The van der Waals surface area contributed by atoms with Crippen LogP contribution >= 0.6 is 34.5 Å².